The summed E-state index contributed by atoms with van der Waals surface area (Å²) < 4.78 is 5.30. The maximum atomic E-state index is 5.73. The third kappa shape index (κ3) is 3.06. The number of furan rings is 1. The summed E-state index contributed by atoms with van der Waals surface area (Å²) in [5.41, 5.74) is 0. The van der Waals surface area contributed by atoms with Crippen molar-refractivity contribution >= 4 is 22.9 Å². The Morgan fingerprint density at radius 3 is 2.94 bits per heavy atom. The van der Waals surface area contributed by atoms with Gasteiger partial charge in [0.1, 0.15) is 5.01 Å². The van der Waals surface area contributed by atoms with Crippen molar-refractivity contribution in [2.45, 2.75) is 26.3 Å². The number of hydrogen-bond acceptors (Lipinski definition) is 5. The lowest BCUT2D eigenvalue weighted by Crippen LogP contribution is -2.18. The summed E-state index contributed by atoms with van der Waals surface area (Å²) in [7, 11) is 0. The van der Waals surface area contributed by atoms with Crippen LogP contribution in [0, 0.1) is 0 Å². The number of halogens is 1. The molecule has 0 spiro atoms. The Kier molecular flexibility index (Phi) is 4.15. The number of nitrogens with one attached hydrogen (secondary N) is 1. The van der Waals surface area contributed by atoms with Crippen LogP contribution in [0.2, 0.25) is 5.22 Å². The van der Waals surface area contributed by atoms with Gasteiger partial charge in [-0.1, -0.05) is 18.3 Å². The highest BCUT2D eigenvalue weighted by Gasteiger charge is 2.14. The molecular weight excluding hydrogens is 258 g/mol. The van der Waals surface area contributed by atoms with E-state index >= 15 is 0 Å². The number of aromatic nitrogens is 2. The molecule has 0 aliphatic rings. The summed E-state index contributed by atoms with van der Waals surface area (Å²) in [6.07, 6.45) is 1.10. The number of rotatable bonds is 5. The largest absolute Gasteiger partial charge is 0.442 e. The minimum absolute atomic E-state index is 0.214. The van der Waals surface area contributed by atoms with E-state index in [0.717, 1.165) is 23.0 Å². The van der Waals surface area contributed by atoms with Crippen molar-refractivity contribution in [1.29, 1.82) is 0 Å². The van der Waals surface area contributed by atoms with Crippen LogP contribution in [-0.4, -0.2) is 16.7 Å². The van der Waals surface area contributed by atoms with Crippen LogP contribution in [0.3, 0.4) is 0 Å². The van der Waals surface area contributed by atoms with E-state index in [-0.39, 0.29) is 6.04 Å². The zero-order chi connectivity index (χ0) is 12.3. The fourth-order valence-corrected chi connectivity index (χ4v) is 2.36. The highest BCUT2D eigenvalue weighted by Crippen LogP contribution is 2.29. The van der Waals surface area contributed by atoms with Gasteiger partial charge in [-0.15, -0.1) is 10.2 Å². The SMILES string of the molecule is CCCNC(C)c1nnc(-c2ccc(Cl)o2)s1. The third-order valence-corrected chi connectivity index (χ3v) is 3.62. The van der Waals surface area contributed by atoms with Crippen molar-refractivity contribution < 1.29 is 4.42 Å². The van der Waals surface area contributed by atoms with E-state index in [1.807, 2.05) is 0 Å². The van der Waals surface area contributed by atoms with E-state index < -0.39 is 0 Å². The van der Waals surface area contributed by atoms with Gasteiger partial charge in [0.05, 0.1) is 6.04 Å². The second-order valence-electron chi connectivity index (χ2n) is 3.73. The first-order valence-electron chi connectivity index (χ1n) is 5.53. The highest BCUT2D eigenvalue weighted by atomic mass is 35.5. The smallest absolute Gasteiger partial charge is 0.194 e. The molecule has 0 aliphatic heterocycles. The quantitative estimate of drug-likeness (QED) is 0.904. The summed E-state index contributed by atoms with van der Waals surface area (Å²) in [5, 5.41) is 13.7. The Morgan fingerprint density at radius 2 is 2.29 bits per heavy atom. The van der Waals surface area contributed by atoms with Gasteiger partial charge >= 0.3 is 0 Å². The number of hydrogen-bond donors (Lipinski definition) is 1. The molecule has 2 aromatic heterocycles. The summed E-state index contributed by atoms with van der Waals surface area (Å²) in [6.45, 7) is 5.19. The molecule has 2 heterocycles. The Bertz CT molecular complexity index is 483. The Balaban J connectivity index is 2.10. The molecule has 4 nitrogen and oxygen atoms in total. The summed E-state index contributed by atoms with van der Waals surface area (Å²) in [6, 6.07) is 3.72. The summed E-state index contributed by atoms with van der Waals surface area (Å²) in [4.78, 5) is 0. The molecule has 0 aromatic carbocycles. The monoisotopic (exact) mass is 271 g/mol. The van der Waals surface area contributed by atoms with Crippen molar-refractivity contribution in [1.82, 2.24) is 15.5 Å². The van der Waals surface area contributed by atoms with E-state index in [1.54, 1.807) is 12.1 Å². The minimum atomic E-state index is 0.214. The van der Waals surface area contributed by atoms with Crippen LogP contribution in [0.25, 0.3) is 10.8 Å². The van der Waals surface area contributed by atoms with Crippen LogP contribution in [0.4, 0.5) is 0 Å². The van der Waals surface area contributed by atoms with Crippen molar-refractivity contribution in [3.63, 3.8) is 0 Å². The third-order valence-electron chi connectivity index (χ3n) is 2.30. The Labute approximate surface area is 109 Å². The molecule has 6 heteroatoms. The molecule has 0 saturated heterocycles. The summed E-state index contributed by atoms with van der Waals surface area (Å²) in [5.74, 6) is 0.668. The zero-order valence-corrected chi connectivity index (χ0v) is 11.3. The second kappa shape index (κ2) is 5.62. The van der Waals surface area contributed by atoms with E-state index in [1.165, 1.54) is 11.3 Å². The minimum Gasteiger partial charge on any atom is -0.442 e. The molecule has 0 saturated carbocycles. The molecule has 92 valence electrons. The molecule has 0 radical (unpaired) electrons. The molecule has 1 atom stereocenters. The average molecular weight is 272 g/mol. The fourth-order valence-electron chi connectivity index (χ4n) is 1.39. The van der Waals surface area contributed by atoms with Gasteiger partial charge in [0.2, 0.25) is 0 Å². The maximum absolute atomic E-state index is 5.73. The number of nitrogens with zero attached hydrogens (tertiary/aromatic N) is 2. The maximum Gasteiger partial charge on any atom is 0.194 e. The van der Waals surface area contributed by atoms with Gasteiger partial charge in [0, 0.05) is 0 Å². The van der Waals surface area contributed by atoms with Crippen LogP contribution in [0.15, 0.2) is 16.5 Å². The highest BCUT2D eigenvalue weighted by molar-refractivity contribution is 7.14. The molecule has 17 heavy (non-hydrogen) atoms. The lowest BCUT2D eigenvalue weighted by Gasteiger charge is -2.08. The standard InChI is InChI=1S/C11H14ClN3OS/c1-3-6-13-7(2)10-14-15-11(17-10)8-4-5-9(12)16-8/h4-5,7,13H,3,6H2,1-2H3. The van der Waals surface area contributed by atoms with Crippen LogP contribution in [0.5, 0.6) is 0 Å². The van der Waals surface area contributed by atoms with Crippen molar-refractivity contribution in [2.24, 2.45) is 0 Å². The van der Waals surface area contributed by atoms with E-state index in [2.05, 4.69) is 29.4 Å². The first-order valence-corrected chi connectivity index (χ1v) is 6.72. The lowest BCUT2D eigenvalue weighted by atomic mass is 10.3. The molecule has 0 aliphatic carbocycles. The molecule has 0 fully saturated rings. The average Bonchev–Trinajstić information content (AvgIpc) is 2.93. The van der Waals surface area contributed by atoms with Crippen LogP contribution in [-0.2, 0) is 0 Å². The zero-order valence-electron chi connectivity index (χ0n) is 9.74. The lowest BCUT2D eigenvalue weighted by molar-refractivity contribution is 0.563. The van der Waals surface area contributed by atoms with Crippen molar-refractivity contribution in [3.05, 3.63) is 22.4 Å². The topological polar surface area (TPSA) is 51.0 Å². The molecule has 1 N–H and O–H groups in total. The first kappa shape index (κ1) is 12.5. The van der Waals surface area contributed by atoms with Crippen LogP contribution in [0.1, 0.15) is 31.3 Å². The van der Waals surface area contributed by atoms with Crippen LogP contribution < -0.4 is 5.32 Å². The van der Waals surface area contributed by atoms with Gasteiger partial charge in [-0.25, -0.2) is 0 Å². The predicted octanol–water partition coefficient (Wildman–Crippen LogP) is 3.51. The van der Waals surface area contributed by atoms with Crippen molar-refractivity contribution in [3.8, 4) is 10.8 Å². The fraction of sp³-hybridized carbons (Fsp3) is 0.455. The van der Waals surface area contributed by atoms with Gasteiger partial charge in [-0.2, -0.15) is 0 Å². The van der Waals surface area contributed by atoms with Crippen LogP contribution >= 0.6 is 22.9 Å². The Morgan fingerprint density at radius 1 is 1.47 bits per heavy atom. The van der Waals surface area contributed by atoms with Gasteiger partial charge in [0.25, 0.3) is 0 Å². The molecular formula is C11H14ClN3OS. The van der Waals surface area contributed by atoms with Gasteiger partial charge in [0.15, 0.2) is 16.0 Å². The van der Waals surface area contributed by atoms with Gasteiger partial charge in [-0.3, -0.25) is 0 Å². The normalized spacial score (nSPS) is 12.9. The molecule has 1 unspecified atom stereocenters. The van der Waals surface area contributed by atoms with E-state index in [4.69, 9.17) is 16.0 Å². The molecule has 0 bridgehead atoms. The molecule has 0 amide bonds. The molecule has 2 rings (SSSR count). The molecule has 2 aromatic rings. The van der Waals surface area contributed by atoms with E-state index in [9.17, 15) is 0 Å². The van der Waals surface area contributed by atoms with Gasteiger partial charge < -0.3 is 9.73 Å². The predicted molar refractivity (Wildman–Crippen MR) is 69.3 cm³/mol. The van der Waals surface area contributed by atoms with Gasteiger partial charge in [-0.05, 0) is 43.6 Å². The Hall–Kier alpha value is -0.910. The van der Waals surface area contributed by atoms with Crippen molar-refractivity contribution in [2.75, 3.05) is 6.54 Å². The first-order chi connectivity index (χ1) is 8.20. The van der Waals surface area contributed by atoms with E-state index in [0.29, 0.717) is 11.0 Å². The summed E-state index contributed by atoms with van der Waals surface area (Å²) >= 11 is 7.25. The second-order valence-corrected chi connectivity index (χ2v) is 5.11.